The molecule has 0 aliphatic rings. The Kier molecular flexibility index (Phi) is 5.37. The summed E-state index contributed by atoms with van der Waals surface area (Å²) in [7, 11) is 0. The van der Waals surface area contributed by atoms with Gasteiger partial charge in [0.2, 0.25) is 0 Å². The summed E-state index contributed by atoms with van der Waals surface area (Å²) in [5.41, 5.74) is 3.34. The summed E-state index contributed by atoms with van der Waals surface area (Å²) in [4.78, 5) is 11.7. The Balaban J connectivity index is 3.13. The molecule has 1 amide bonds. The lowest BCUT2D eigenvalue weighted by atomic mass is 10.1. The van der Waals surface area contributed by atoms with Crippen molar-refractivity contribution in [2.24, 2.45) is 0 Å². The van der Waals surface area contributed by atoms with E-state index in [9.17, 15) is 4.79 Å². The van der Waals surface area contributed by atoms with Crippen molar-refractivity contribution in [2.45, 2.75) is 40.7 Å². The fourth-order valence-corrected chi connectivity index (χ4v) is 2.10. The third-order valence-corrected chi connectivity index (χ3v) is 3.06. The highest BCUT2D eigenvalue weighted by Gasteiger charge is 2.11. The zero-order valence-electron chi connectivity index (χ0n) is 12.1. The van der Waals surface area contributed by atoms with Crippen LogP contribution >= 0.6 is 0 Å². The Morgan fingerprint density at radius 1 is 1.47 bits per heavy atom. The van der Waals surface area contributed by atoms with Crippen LogP contribution in [0.5, 0.6) is 0 Å². The van der Waals surface area contributed by atoms with Gasteiger partial charge in [0.1, 0.15) is 11.6 Å². The van der Waals surface area contributed by atoms with Crippen LogP contribution in [0, 0.1) is 25.2 Å². The Labute approximate surface area is 114 Å². The smallest absolute Gasteiger partial charge is 0.261 e. The number of nitrogens with zero attached hydrogens (tertiary/aromatic N) is 2. The molecule has 0 atom stereocenters. The SMILES string of the molecule is CCCn1c(C)cc(/C=C(/C#N)C(=O)NCC)c1C. The van der Waals surface area contributed by atoms with E-state index in [1.165, 1.54) is 0 Å². The van der Waals surface area contributed by atoms with Crippen LogP contribution in [0.4, 0.5) is 0 Å². The lowest BCUT2D eigenvalue weighted by molar-refractivity contribution is -0.116. The summed E-state index contributed by atoms with van der Waals surface area (Å²) in [6.07, 6.45) is 2.72. The summed E-state index contributed by atoms with van der Waals surface area (Å²) in [6, 6.07) is 3.98. The van der Waals surface area contributed by atoms with E-state index in [1.807, 2.05) is 32.9 Å². The molecule has 0 unspecified atom stereocenters. The fourth-order valence-electron chi connectivity index (χ4n) is 2.10. The number of nitriles is 1. The highest BCUT2D eigenvalue weighted by Crippen LogP contribution is 2.18. The Morgan fingerprint density at radius 3 is 2.68 bits per heavy atom. The van der Waals surface area contributed by atoms with Gasteiger partial charge in [-0.3, -0.25) is 4.79 Å². The van der Waals surface area contributed by atoms with Crippen LogP contribution in [0.1, 0.15) is 37.2 Å². The lowest BCUT2D eigenvalue weighted by Gasteiger charge is -2.07. The molecule has 4 nitrogen and oxygen atoms in total. The largest absolute Gasteiger partial charge is 0.352 e. The highest BCUT2D eigenvalue weighted by molar-refractivity contribution is 6.01. The molecule has 0 fully saturated rings. The molecule has 0 aliphatic carbocycles. The van der Waals surface area contributed by atoms with E-state index >= 15 is 0 Å². The number of rotatable bonds is 5. The first-order valence-corrected chi connectivity index (χ1v) is 6.61. The Bertz CT molecular complexity index is 532. The second kappa shape index (κ2) is 6.79. The molecule has 1 heterocycles. The molecule has 1 rings (SSSR count). The van der Waals surface area contributed by atoms with Gasteiger partial charge >= 0.3 is 0 Å². The quantitative estimate of drug-likeness (QED) is 0.652. The van der Waals surface area contributed by atoms with Gasteiger partial charge in [-0.25, -0.2) is 0 Å². The zero-order chi connectivity index (χ0) is 14.4. The highest BCUT2D eigenvalue weighted by atomic mass is 16.1. The van der Waals surface area contributed by atoms with Crippen LogP contribution in [-0.4, -0.2) is 17.0 Å². The standard InChI is InChI=1S/C15H21N3O/c1-5-7-18-11(3)8-13(12(18)4)9-14(10-16)15(19)17-6-2/h8-9H,5-7H2,1-4H3,(H,17,19)/b14-9-. The zero-order valence-corrected chi connectivity index (χ0v) is 12.1. The number of carbonyl (C=O) groups excluding carboxylic acids is 1. The number of hydrogen-bond acceptors (Lipinski definition) is 2. The molecule has 0 aromatic carbocycles. The third kappa shape index (κ3) is 3.47. The minimum absolute atomic E-state index is 0.151. The Hall–Kier alpha value is -2.02. The number of carbonyl (C=O) groups is 1. The molecular formula is C15H21N3O. The van der Waals surface area contributed by atoms with Crippen LogP contribution in [0.25, 0.3) is 6.08 Å². The molecule has 1 N–H and O–H groups in total. The second-order valence-corrected chi connectivity index (χ2v) is 4.51. The van der Waals surface area contributed by atoms with Gasteiger partial charge in [0.05, 0.1) is 0 Å². The molecule has 0 saturated heterocycles. The third-order valence-electron chi connectivity index (χ3n) is 3.06. The van der Waals surface area contributed by atoms with Crippen molar-refractivity contribution in [1.82, 2.24) is 9.88 Å². The Morgan fingerprint density at radius 2 is 2.16 bits per heavy atom. The molecular weight excluding hydrogens is 238 g/mol. The first kappa shape index (κ1) is 15.0. The molecule has 0 saturated carbocycles. The molecule has 0 aliphatic heterocycles. The summed E-state index contributed by atoms with van der Waals surface area (Å²) >= 11 is 0. The number of aryl methyl sites for hydroxylation is 1. The molecule has 19 heavy (non-hydrogen) atoms. The van der Waals surface area contributed by atoms with Crippen molar-refractivity contribution in [3.8, 4) is 6.07 Å². The summed E-state index contributed by atoms with van der Waals surface area (Å²) in [5.74, 6) is -0.315. The van der Waals surface area contributed by atoms with Gasteiger partial charge in [-0.2, -0.15) is 5.26 Å². The van der Waals surface area contributed by atoms with E-state index in [0.717, 1.165) is 29.9 Å². The first-order chi connectivity index (χ1) is 9.04. The van der Waals surface area contributed by atoms with Gasteiger partial charge in [-0.1, -0.05) is 6.92 Å². The van der Waals surface area contributed by atoms with E-state index in [4.69, 9.17) is 5.26 Å². The van der Waals surface area contributed by atoms with Crippen molar-refractivity contribution in [3.63, 3.8) is 0 Å². The molecule has 1 aromatic heterocycles. The second-order valence-electron chi connectivity index (χ2n) is 4.51. The van der Waals surface area contributed by atoms with Crippen molar-refractivity contribution in [2.75, 3.05) is 6.54 Å². The molecule has 1 aromatic rings. The van der Waals surface area contributed by atoms with Crippen molar-refractivity contribution in [1.29, 1.82) is 5.26 Å². The van der Waals surface area contributed by atoms with Gasteiger partial charge in [-0.05, 0) is 44.9 Å². The minimum Gasteiger partial charge on any atom is -0.352 e. The van der Waals surface area contributed by atoms with E-state index in [2.05, 4.69) is 16.8 Å². The van der Waals surface area contributed by atoms with Crippen LogP contribution in [0.15, 0.2) is 11.6 Å². The van der Waals surface area contributed by atoms with Crippen LogP contribution < -0.4 is 5.32 Å². The van der Waals surface area contributed by atoms with Gasteiger partial charge in [0.25, 0.3) is 5.91 Å². The van der Waals surface area contributed by atoms with Crippen LogP contribution in [0.2, 0.25) is 0 Å². The molecule has 0 bridgehead atoms. The van der Waals surface area contributed by atoms with Crippen molar-refractivity contribution in [3.05, 3.63) is 28.6 Å². The number of likely N-dealkylation sites (N-methyl/N-ethyl adjacent to an activating group) is 1. The summed E-state index contributed by atoms with van der Waals surface area (Å²) < 4.78 is 2.21. The number of amides is 1. The maximum absolute atomic E-state index is 11.7. The van der Waals surface area contributed by atoms with Gasteiger partial charge in [-0.15, -0.1) is 0 Å². The fraction of sp³-hybridized carbons (Fsp3) is 0.467. The predicted molar refractivity (Wildman–Crippen MR) is 76.5 cm³/mol. The monoisotopic (exact) mass is 259 g/mol. The molecule has 102 valence electrons. The minimum atomic E-state index is -0.315. The van der Waals surface area contributed by atoms with Gasteiger partial charge in [0.15, 0.2) is 0 Å². The predicted octanol–water partition coefficient (Wildman–Crippen LogP) is 2.56. The first-order valence-electron chi connectivity index (χ1n) is 6.61. The molecule has 4 heteroatoms. The lowest BCUT2D eigenvalue weighted by Crippen LogP contribution is -2.23. The van der Waals surface area contributed by atoms with Crippen molar-refractivity contribution >= 4 is 12.0 Å². The maximum atomic E-state index is 11.7. The summed E-state index contributed by atoms with van der Waals surface area (Å²) in [5, 5.41) is 11.7. The van der Waals surface area contributed by atoms with Crippen molar-refractivity contribution < 1.29 is 4.79 Å². The number of hydrogen-bond donors (Lipinski definition) is 1. The van der Waals surface area contributed by atoms with E-state index in [1.54, 1.807) is 6.08 Å². The average molecular weight is 259 g/mol. The molecule has 0 radical (unpaired) electrons. The van der Waals surface area contributed by atoms with Gasteiger partial charge < -0.3 is 9.88 Å². The van der Waals surface area contributed by atoms with Crippen LogP contribution in [0.3, 0.4) is 0 Å². The van der Waals surface area contributed by atoms with E-state index < -0.39 is 0 Å². The van der Waals surface area contributed by atoms with E-state index in [0.29, 0.717) is 6.54 Å². The average Bonchev–Trinajstić information content (AvgIpc) is 2.64. The topological polar surface area (TPSA) is 57.8 Å². The van der Waals surface area contributed by atoms with E-state index in [-0.39, 0.29) is 11.5 Å². The number of aromatic nitrogens is 1. The normalized spacial score (nSPS) is 11.2. The van der Waals surface area contributed by atoms with Gasteiger partial charge in [0, 0.05) is 24.5 Å². The van der Waals surface area contributed by atoms with Crippen LogP contribution in [-0.2, 0) is 11.3 Å². The number of nitrogens with one attached hydrogen (secondary N) is 1. The maximum Gasteiger partial charge on any atom is 0.261 e. The summed E-state index contributed by atoms with van der Waals surface area (Å²) in [6.45, 7) is 9.49. The molecule has 0 spiro atoms.